The molecule has 0 aliphatic rings. The first-order chi connectivity index (χ1) is 8.60. The number of H-pyrrole nitrogens is 1. The molecule has 1 amide bonds. The maximum absolute atomic E-state index is 11.8. The Bertz CT molecular complexity index is 564. The van der Waals surface area contributed by atoms with E-state index in [0.717, 1.165) is 16.5 Å². The molecule has 0 spiro atoms. The van der Waals surface area contributed by atoms with Crippen molar-refractivity contribution >= 4 is 28.4 Å². The summed E-state index contributed by atoms with van der Waals surface area (Å²) >= 11 is 5.91. The molecule has 96 valence electrons. The van der Waals surface area contributed by atoms with Gasteiger partial charge in [-0.15, -0.1) is 0 Å². The van der Waals surface area contributed by atoms with Crippen molar-refractivity contribution < 1.29 is 4.79 Å². The summed E-state index contributed by atoms with van der Waals surface area (Å²) < 4.78 is 0. The molecule has 2 aromatic rings. The lowest BCUT2D eigenvalue weighted by atomic mass is 10.1. The average molecular weight is 266 g/mol. The van der Waals surface area contributed by atoms with Crippen LogP contribution in [0.5, 0.6) is 0 Å². The second-order valence-electron chi connectivity index (χ2n) is 4.38. The van der Waals surface area contributed by atoms with Crippen LogP contribution in [0.2, 0.25) is 5.02 Å². The first-order valence-corrected chi connectivity index (χ1v) is 6.23. The van der Waals surface area contributed by atoms with Gasteiger partial charge in [-0.2, -0.15) is 0 Å². The van der Waals surface area contributed by atoms with Crippen molar-refractivity contribution in [1.29, 1.82) is 0 Å². The van der Waals surface area contributed by atoms with Crippen LogP contribution in [0.1, 0.15) is 12.5 Å². The second-order valence-corrected chi connectivity index (χ2v) is 4.82. The molecule has 1 atom stereocenters. The van der Waals surface area contributed by atoms with Crippen molar-refractivity contribution in [2.45, 2.75) is 19.4 Å². The molecule has 0 radical (unpaired) electrons. The Morgan fingerprint density at radius 3 is 3.06 bits per heavy atom. The minimum absolute atomic E-state index is 0.00264. The Labute approximate surface area is 111 Å². The number of amides is 1. The highest BCUT2D eigenvalue weighted by Crippen LogP contribution is 2.22. The van der Waals surface area contributed by atoms with Crippen molar-refractivity contribution in [2.24, 2.45) is 5.73 Å². The number of carbonyl (C=O) groups is 1. The number of nitrogens with two attached hydrogens (primary N) is 1. The van der Waals surface area contributed by atoms with Gasteiger partial charge in [-0.3, -0.25) is 4.79 Å². The summed E-state index contributed by atoms with van der Waals surface area (Å²) in [6, 6.07) is 5.59. The average Bonchev–Trinajstić information content (AvgIpc) is 2.71. The number of halogens is 1. The second kappa shape index (κ2) is 5.42. The van der Waals surface area contributed by atoms with E-state index in [-0.39, 0.29) is 11.9 Å². The first-order valence-electron chi connectivity index (χ1n) is 5.85. The maximum atomic E-state index is 11.8. The van der Waals surface area contributed by atoms with Gasteiger partial charge in [0.15, 0.2) is 0 Å². The maximum Gasteiger partial charge on any atom is 0.224 e. The third-order valence-corrected chi connectivity index (χ3v) is 3.08. The van der Waals surface area contributed by atoms with Gasteiger partial charge in [-0.25, -0.2) is 0 Å². The molecule has 1 aromatic carbocycles. The van der Waals surface area contributed by atoms with E-state index in [2.05, 4.69) is 10.3 Å². The number of fused-ring (bicyclic) bond motifs is 1. The van der Waals surface area contributed by atoms with Crippen LogP contribution in [0.15, 0.2) is 24.4 Å². The Morgan fingerprint density at radius 1 is 1.56 bits per heavy atom. The molecule has 18 heavy (non-hydrogen) atoms. The lowest BCUT2D eigenvalue weighted by Gasteiger charge is -2.10. The highest BCUT2D eigenvalue weighted by Gasteiger charge is 2.10. The summed E-state index contributed by atoms with van der Waals surface area (Å²) in [5.74, 6) is -0.0243. The molecular formula is C13H16ClN3O. The van der Waals surface area contributed by atoms with Gasteiger partial charge < -0.3 is 16.0 Å². The Morgan fingerprint density at radius 2 is 2.33 bits per heavy atom. The number of aromatic nitrogens is 1. The molecular weight excluding hydrogens is 250 g/mol. The van der Waals surface area contributed by atoms with Crippen LogP contribution in [-0.4, -0.2) is 23.5 Å². The molecule has 1 heterocycles. The van der Waals surface area contributed by atoms with E-state index in [4.69, 9.17) is 17.3 Å². The number of carbonyl (C=O) groups excluding carboxylic acids is 1. The van der Waals surface area contributed by atoms with Crippen molar-refractivity contribution in [3.8, 4) is 0 Å². The van der Waals surface area contributed by atoms with Crippen LogP contribution < -0.4 is 11.1 Å². The van der Waals surface area contributed by atoms with E-state index < -0.39 is 0 Å². The summed E-state index contributed by atoms with van der Waals surface area (Å²) in [5, 5.41) is 4.54. The molecule has 1 aromatic heterocycles. The normalized spacial score (nSPS) is 12.6. The largest absolute Gasteiger partial charge is 0.361 e. The number of hydrogen-bond donors (Lipinski definition) is 3. The summed E-state index contributed by atoms with van der Waals surface area (Å²) in [6.07, 6.45) is 2.18. The van der Waals surface area contributed by atoms with E-state index in [9.17, 15) is 4.79 Å². The Balaban J connectivity index is 2.15. The molecule has 0 fully saturated rings. The quantitative estimate of drug-likeness (QED) is 0.789. The lowest BCUT2D eigenvalue weighted by Crippen LogP contribution is -2.38. The van der Waals surface area contributed by atoms with E-state index in [1.807, 2.05) is 31.3 Å². The minimum Gasteiger partial charge on any atom is -0.361 e. The van der Waals surface area contributed by atoms with Gasteiger partial charge in [0, 0.05) is 34.7 Å². The van der Waals surface area contributed by atoms with Crippen molar-refractivity contribution in [3.05, 3.63) is 35.0 Å². The third-order valence-electron chi connectivity index (χ3n) is 2.84. The molecule has 5 heteroatoms. The lowest BCUT2D eigenvalue weighted by molar-refractivity contribution is -0.120. The van der Waals surface area contributed by atoms with E-state index >= 15 is 0 Å². The minimum atomic E-state index is -0.0243. The van der Waals surface area contributed by atoms with E-state index in [1.165, 1.54) is 0 Å². The van der Waals surface area contributed by atoms with Gasteiger partial charge in [0.05, 0.1) is 6.42 Å². The predicted molar refractivity (Wildman–Crippen MR) is 73.7 cm³/mol. The summed E-state index contributed by atoms with van der Waals surface area (Å²) in [7, 11) is 0. The first kappa shape index (κ1) is 12.9. The fourth-order valence-corrected chi connectivity index (χ4v) is 2.03. The van der Waals surface area contributed by atoms with Crippen LogP contribution >= 0.6 is 11.6 Å². The van der Waals surface area contributed by atoms with E-state index in [0.29, 0.717) is 18.0 Å². The van der Waals surface area contributed by atoms with Crippen LogP contribution in [-0.2, 0) is 11.2 Å². The van der Waals surface area contributed by atoms with Gasteiger partial charge >= 0.3 is 0 Å². The molecule has 0 aliphatic heterocycles. The molecule has 0 saturated carbocycles. The van der Waals surface area contributed by atoms with Gasteiger partial charge in [0.1, 0.15) is 0 Å². The molecule has 0 aliphatic carbocycles. The summed E-state index contributed by atoms with van der Waals surface area (Å²) in [6.45, 7) is 2.32. The van der Waals surface area contributed by atoms with Crippen molar-refractivity contribution in [2.75, 3.05) is 6.54 Å². The zero-order chi connectivity index (χ0) is 13.1. The fourth-order valence-electron chi connectivity index (χ4n) is 1.86. The number of hydrogen-bond acceptors (Lipinski definition) is 2. The van der Waals surface area contributed by atoms with Crippen LogP contribution in [0, 0.1) is 0 Å². The van der Waals surface area contributed by atoms with Crippen molar-refractivity contribution in [3.63, 3.8) is 0 Å². The zero-order valence-electron chi connectivity index (χ0n) is 10.2. The zero-order valence-corrected chi connectivity index (χ0v) is 10.9. The highest BCUT2D eigenvalue weighted by molar-refractivity contribution is 6.31. The number of benzene rings is 1. The van der Waals surface area contributed by atoms with E-state index in [1.54, 1.807) is 0 Å². The monoisotopic (exact) mass is 265 g/mol. The summed E-state index contributed by atoms with van der Waals surface area (Å²) in [5.41, 5.74) is 7.37. The predicted octanol–water partition coefficient (Wildman–Crippen LogP) is 1.83. The molecule has 0 saturated heterocycles. The summed E-state index contributed by atoms with van der Waals surface area (Å²) in [4.78, 5) is 14.9. The van der Waals surface area contributed by atoms with Gasteiger partial charge in [0.2, 0.25) is 5.91 Å². The molecule has 1 unspecified atom stereocenters. The van der Waals surface area contributed by atoms with Crippen molar-refractivity contribution in [1.82, 2.24) is 10.3 Å². The SMILES string of the molecule is CC(CN)NC(=O)Cc1c[nH]c2cc(Cl)ccc12. The molecule has 4 nitrogen and oxygen atoms in total. The Kier molecular flexibility index (Phi) is 3.89. The van der Waals surface area contributed by atoms with Crippen LogP contribution in [0.25, 0.3) is 10.9 Å². The highest BCUT2D eigenvalue weighted by atomic mass is 35.5. The smallest absolute Gasteiger partial charge is 0.224 e. The number of nitrogens with one attached hydrogen (secondary N) is 2. The number of rotatable bonds is 4. The van der Waals surface area contributed by atoms with Crippen LogP contribution in [0.3, 0.4) is 0 Å². The van der Waals surface area contributed by atoms with Crippen LogP contribution in [0.4, 0.5) is 0 Å². The van der Waals surface area contributed by atoms with Gasteiger partial charge in [-0.1, -0.05) is 17.7 Å². The third kappa shape index (κ3) is 2.83. The topological polar surface area (TPSA) is 70.9 Å². The fraction of sp³-hybridized carbons (Fsp3) is 0.308. The molecule has 4 N–H and O–H groups in total. The van der Waals surface area contributed by atoms with Gasteiger partial charge in [0.25, 0.3) is 0 Å². The molecule has 0 bridgehead atoms. The van der Waals surface area contributed by atoms with Gasteiger partial charge in [-0.05, 0) is 24.6 Å². The molecule has 2 rings (SSSR count). The standard InChI is InChI=1S/C13H16ClN3O/c1-8(6-15)17-13(18)4-9-7-16-12-5-10(14)2-3-11(9)12/h2-3,5,7-8,16H,4,6,15H2,1H3,(H,17,18). The Hall–Kier alpha value is -1.52. The number of aromatic amines is 1.